The Morgan fingerprint density at radius 1 is 1.19 bits per heavy atom. The van der Waals surface area contributed by atoms with Crippen LogP contribution in [0.1, 0.15) is 11.1 Å². The fourth-order valence-electron chi connectivity index (χ4n) is 2.35. The highest BCUT2D eigenvalue weighted by atomic mass is 32.2. The minimum Gasteiger partial charge on any atom is -0.495 e. The van der Waals surface area contributed by atoms with Crippen LogP contribution in [-0.2, 0) is 21.4 Å². The van der Waals surface area contributed by atoms with Crippen molar-refractivity contribution in [1.29, 1.82) is 0 Å². The van der Waals surface area contributed by atoms with Gasteiger partial charge in [-0.15, -0.1) is 0 Å². The first-order chi connectivity index (χ1) is 12.2. The molecule has 2 aromatic rings. The third-order valence-corrected chi connectivity index (χ3v) is 4.89. The lowest BCUT2D eigenvalue weighted by Crippen LogP contribution is -2.37. The Morgan fingerprint density at radius 2 is 1.85 bits per heavy atom. The van der Waals surface area contributed by atoms with Crippen LogP contribution in [0.4, 0.5) is 10.1 Å². The van der Waals surface area contributed by atoms with E-state index in [0.717, 1.165) is 16.1 Å². The molecule has 6 nitrogen and oxygen atoms in total. The molecule has 0 saturated heterocycles. The molecule has 2 aromatic carbocycles. The Morgan fingerprint density at radius 3 is 2.42 bits per heavy atom. The molecule has 1 amide bonds. The number of halogens is 1. The maximum absolute atomic E-state index is 13.0. The number of nitrogens with one attached hydrogen (secondary N) is 1. The van der Waals surface area contributed by atoms with Crippen LogP contribution in [0.5, 0.6) is 5.75 Å². The minimum absolute atomic E-state index is 0.0303. The van der Waals surface area contributed by atoms with Crippen LogP contribution in [-0.4, -0.2) is 38.5 Å². The largest absolute Gasteiger partial charge is 0.495 e. The highest BCUT2D eigenvalue weighted by molar-refractivity contribution is 7.88. The van der Waals surface area contributed by atoms with Gasteiger partial charge in [-0.3, -0.25) is 4.79 Å². The molecule has 0 aliphatic carbocycles. The van der Waals surface area contributed by atoms with Crippen molar-refractivity contribution < 1.29 is 22.3 Å². The second kappa shape index (κ2) is 8.29. The summed E-state index contributed by atoms with van der Waals surface area (Å²) in [5.74, 6) is -0.432. The first-order valence-corrected chi connectivity index (χ1v) is 9.68. The lowest BCUT2D eigenvalue weighted by molar-refractivity contribution is -0.116. The van der Waals surface area contributed by atoms with Crippen molar-refractivity contribution in [2.75, 3.05) is 25.2 Å². The third kappa shape index (κ3) is 5.53. The summed E-state index contributed by atoms with van der Waals surface area (Å²) in [4.78, 5) is 12.4. The Kier molecular flexibility index (Phi) is 6.33. The van der Waals surface area contributed by atoms with Gasteiger partial charge in [-0.2, -0.15) is 4.31 Å². The van der Waals surface area contributed by atoms with E-state index >= 15 is 0 Å². The van der Waals surface area contributed by atoms with E-state index in [2.05, 4.69) is 5.32 Å². The summed E-state index contributed by atoms with van der Waals surface area (Å²) in [6, 6.07) is 10.7. The highest BCUT2D eigenvalue weighted by Gasteiger charge is 2.21. The maximum atomic E-state index is 13.0. The standard InChI is InChI=1S/C18H21FN2O4S/c1-13-4-9-17(25-2)16(10-13)20-18(22)12-21(26(3,23)24)11-14-5-7-15(19)8-6-14/h4-10H,11-12H2,1-3H3,(H,20,22). The number of anilines is 1. The molecule has 0 aromatic heterocycles. The predicted molar refractivity (Wildman–Crippen MR) is 98.0 cm³/mol. The molecule has 0 radical (unpaired) electrons. The van der Waals surface area contributed by atoms with Crippen LogP contribution >= 0.6 is 0 Å². The van der Waals surface area contributed by atoms with Crippen molar-refractivity contribution in [3.63, 3.8) is 0 Å². The summed E-state index contributed by atoms with van der Waals surface area (Å²) in [5, 5.41) is 2.67. The number of ether oxygens (including phenoxy) is 1. The number of nitrogens with zero attached hydrogens (tertiary/aromatic N) is 1. The fraction of sp³-hybridized carbons (Fsp3) is 0.278. The molecule has 0 aliphatic heterocycles. The van der Waals surface area contributed by atoms with Gasteiger partial charge in [0.25, 0.3) is 0 Å². The molecule has 0 spiro atoms. The number of amides is 1. The molecule has 8 heteroatoms. The first-order valence-electron chi connectivity index (χ1n) is 7.83. The summed E-state index contributed by atoms with van der Waals surface area (Å²) in [6.45, 7) is 1.47. The van der Waals surface area contributed by atoms with Crippen molar-refractivity contribution in [2.45, 2.75) is 13.5 Å². The highest BCUT2D eigenvalue weighted by Crippen LogP contribution is 2.25. The summed E-state index contributed by atoms with van der Waals surface area (Å²) in [6.07, 6.45) is 1.02. The van der Waals surface area contributed by atoms with Gasteiger partial charge in [-0.05, 0) is 42.3 Å². The molecule has 0 saturated carbocycles. The maximum Gasteiger partial charge on any atom is 0.239 e. The minimum atomic E-state index is -3.64. The Labute approximate surface area is 152 Å². The Bertz CT molecular complexity index is 883. The van der Waals surface area contributed by atoms with Gasteiger partial charge in [0.05, 0.1) is 25.6 Å². The number of methoxy groups -OCH3 is 1. The number of carbonyl (C=O) groups excluding carboxylic acids is 1. The quantitative estimate of drug-likeness (QED) is 0.801. The van der Waals surface area contributed by atoms with Crippen molar-refractivity contribution in [2.24, 2.45) is 0 Å². The molecule has 0 atom stereocenters. The lowest BCUT2D eigenvalue weighted by atomic mass is 10.2. The summed E-state index contributed by atoms with van der Waals surface area (Å²) < 4.78 is 43.3. The zero-order valence-electron chi connectivity index (χ0n) is 14.8. The number of carbonyl (C=O) groups is 1. The Balaban J connectivity index is 2.14. The lowest BCUT2D eigenvalue weighted by Gasteiger charge is -2.20. The topological polar surface area (TPSA) is 75.7 Å². The first kappa shape index (κ1) is 19.9. The van der Waals surface area contributed by atoms with Crippen molar-refractivity contribution >= 4 is 21.6 Å². The van der Waals surface area contributed by atoms with Crippen molar-refractivity contribution in [3.05, 3.63) is 59.4 Å². The Hall–Kier alpha value is -2.45. The molecule has 1 N–H and O–H groups in total. The number of rotatable bonds is 7. The van der Waals surface area contributed by atoms with Gasteiger partial charge >= 0.3 is 0 Å². The molecular formula is C18H21FN2O4S. The molecule has 0 bridgehead atoms. The van der Waals surface area contributed by atoms with Crippen molar-refractivity contribution in [1.82, 2.24) is 4.31 Å². The van der Waals surface area contributed by atoms with E-state index < -0.39 is 21.7 Å². The van der Waals surface area contributed by atoms with E-state index in [0.29, 0.717) is 17.0 Å². The van der Waals surface area contributed by atoms with E-state index in [1.807, 2.05) is 13.0 Å². The van der Waals surface area contributed by atoms with E-state index in [1.54, 1.807) is 12.1 Å². The van der Waals surface area contributed by atoms with E-state index in [9.17, 15) is 17.6 Å². The zero-order valence-corrected chi connectivity index (χ0v) is 15.6. The number of sulfonamides is 1. The van der Waals surface area contributed by atoms with E-state index in [1.165, 1.54) is 31.4 Å². The normalized spacial score (nSPS) is 11.4. The van der Waals surface area contributed by atoms with Crippen LogP contribution in [0.3, 0.4) is 0 Å². The smallest absolute Gasteiger partial charge is 0.239 e. The van der Waals surface area contributed by atoms with Gasteiger partial charge in [0.1, 0.15) is 11.6 Å². The number of hydrogen-bond donors (Lipinski definition) is 1. The molecule has 0 aliphatic rings. The monoisotopic (exact) mass is 380 g/mol. The van der Waals surface area contributed by atoms with Gasteiger partial charge in [-0.25, -0.2) is 12.8 Å². The fourth-order valence-corrected chi connectivity index (χ4v) is 3.09. The second-order valence-corrected chi connectivity index (χ2v) is 7.89. The third-order valence-electron chi connectivity index (χ3n) is 3.69. The molecule has 140 valence electrons. The molecule has 26 heavy (non-hydrogen) atoms. The zero-order chi connectivity index (χ0) is 19.3. The van der Waals surface area contributed by atoms with E-state index in [-0.39, 0.29) is 13.1 Å². The summed E-state index contributed by atoms with van der Waals surface area (Å²) >= 11 is 0. The summed E-state index contributed by atoms with van der Waals surface area (Å²) in [5.41, 5.74) is 1.97. The van der Waals surface area contributed by atoms with Crippen LogP contribution < -0.4 is 10.1 Å². The predicted octanol–water partition coefficient (Wildman–Crippen LogP) is 2.54. The molecule has 0 unspecified atom stereocenters. The van der Waals surface area contributed by atoms with Gasteiger partial charge in [0, 0.05) is 6.54 Å². The number of benzene rings is 2. The van der Waals surface area contributed by atoms with Crippen LogP contribution in [0.15, 0.2) is 42.5 Å². The molecular weight excluding hydrogens is 359 g/mol. The number of hydrogen-bond acceptors (Lipinski definition) is 4. The van der Waals surface area contributed by atoms with Crippen LogP contribution in [0.2, 0.25) is 0 Å². The summed E-state index contributed by atoms with van der Waals surface area (Å²) in [7, 11) is -2.15. The molecule has 0 heterocycles. The molecule has 0 fully saturated rings. The van der Waals surface area contributed by atoms with Gasteiger partial charge in [0.15, 0.2) is 0 Å². The van der Waals surface area contributed by atoms with Gasteiger partial charge < -0.3 is 10.1 Å². The van der Waals surface area contributed by atoms with Gasteiger partial charge in [-0.1, -0.05) is 18.2 Å². The average molecular weight is 380 g/mol. The SMILES string of the molecule is COc1ccc(C)cc1NC(=O)CN(Cc1ccc(F)cc1)S(C)(=O)=O. The van der Waals surface area contributed by atoms with Crippen LogP contribution in [0.25, 0.3) is 0 Å². The number of aryl methyl sites for hydroxylation is 1. The second-order valence-electron chi connectivity index (χ2n) is 5.91. The van der Waals surface area contributed by atoms with Crippen LogP contribution in [0, 0.1) is 12.7 Å². The molecule has 2 rings (SSSR count). The van der Waals surface area contributed by atoms with Gasteiger partial charge in [0.2, 0.25) is 15.9 Å². The average Bonchev–Trinajstić information content (AvgIpc) is 2.55. The van der Waals surface area contributed by atoms with E-state index in [4.69, 9.17) is 4.74 Å². The van der Waals surface area contributed by atoms with Crippen molar-refractivity contribution in [3.8, 4) is 5.75 Å².